The normalized spacial score (nSPS) is 12.8. The van der Waals surface area contributed by atoms with Gasteiger partial charge in [0.2, 0.25) is 0 Å². The highest BCUT2D eigenvalue weighted by molar-refractivity contribution is 9.10. The van der Waals surface area contributed by atoms with Crippen molar-refractivity contribution in [2.75, 3.05) is 0 Å². The van der Waals surface area contributed by atoms with Crippen LogP contribution in [0.4, 0.5) is 13.2 Å². The van der Waals surface area contributed by atoms with Crippen LogP contribution < -0.4 is 0 Å². The fraction of sp³-hybridized carbons (Fsp3) is 0.0667. The van der Waals surface area contributed by atoms with Gasteiger partial charge < -0.3 is 9.52 Å². The average Bonchev–Trinajstić information content (AvgIpc) is 2.80. The van der Waals surface area contributed by atoms with E-state index in [-0.39, 0.29) is 10.2 Å². The van der Waals surface area contributed by atoms with E-state index in [1.165, 1.54) is 24.3 Å². The number of benzene rings is 2. The molecule has 3 rings (SSSR count). The van der Waals surface area contributed by atoms with E-state index in [2.05, 4.69) is 15.9 Å². The second-order valence-electron chi connectivity index (χ2n) is 4.52. The lowest BCUT2D eigenvalue weighted by Crippen LogP contribution is -2.05. The lowest BCUT2D eigenvalue weighted by molar-refractivity contribution is 0.182. The largest absolute Gasteiger partial charge is 0.458 e. The molecule has 108 valence electrons. The van der Waals surface area contributed by atoms with Gasteiger partial charge in [0.1, 0.15) is 34.9 Å². The Hall–Kier alpha value is -1.79. The highest BCUT2D eigenvalue weighted by atomic mass is 79.9. The Kier molecular flexibility index (Phi) is 3.51. The van der Waals surface area contributed by atoms with E-state index >= 15 is 0 Å². The molecule has 2 aromatic carbocycles. The molecule has 0 saturated heterocycles. The third-order valence-corrected chi connectivity index (χ3v) is 3.54. The number of halogens is 4. The van der Waals surface area contributed by atoms with Crippen molar-refractivity contribution in [2.45, 2.75) is 6.10 Å². The van der Waals surface area contributed by atoms with Crippen LogP contribution in [0.15, 0.2) is 45.3 Å². The van der Waals surface area contributed by atoms with Crippen LogP contribution in [0.1, 0.15) is 17.4 Å². The highest BCUT2D eigenvalue weighted by Gasteiger charge is 2.23. The molecule has 0 aliphatic carbocycles. The second kappa shape index (κ2) is 5.20. The smallest absolute Gasteiger partial charge is 0.142 e. The Balaban J connectivity index is 2.10. The summed E-state index contributed by atoms with van der Waals surface area (Å²) in [6.45, 7) is 0. The van der Waals surface area contributed by atoms with Crippen LogP contribution in [0.25, 0.3) is 11.0 Å². The van der Waals surface area contributed by atoms with Crippen molar-refractivity contribution in [1.29, 1.82) is 0 Å². The summed E-state index contributed by atoms with van der Waals surface area (Å²) in [5.41, 5.74) is -0.193. The maximum atomic E-state index is 13.8. The topological polar surface area (TPSA) is 33.4 Å². The minimum atomic E-state index is -1.62. The average molecular weight is 357 g/mol. The summed E-state index contributed by atoms with van der Waals surface area (Å²) in [6, 6.07) is 7.24. The maximum absolute atomic E-state index is 13.8. The zero-order valence-electron chi connectivity index (χ0n) is 10.4. The second-order valence-corrected chi connectivity index (χ2v) is 5.43. The first-order valence-corrected chi connectivity index (χ1v) is 6.76. The first-order valence-electron chi connectivity index (χ1n) is 5.97. The fourth-order valence-electron chi connectivity index (χ4n) is 2.13. The van der Waals surface area contributed by atoms with Gasteiger partial charge in [-0.15, -0.1) is 0 Å². The lowest BCUT2D eigenvalue weighted by Gasteiger charge is -2.10. The zero-order valence-corrected chi connectivity index (χ0v) is 12.0. The Morgan fingerprint density at radius 3 is 2.33 bits per heavy atom. The van der Waals surface area contributed by atoms with E-state index in [4.69, 9.17) is 4.42 Å². The van der Waals surface area contributed by atoms with Crippen LogP contribution >= 0.6 is 15.9 Å². The summed E-state index contributed by atoms with van der Waals surface area (Å²) in [4.78, 5) is 0. The van der Waals surface area contributed by atoms with Gasteiger partial charge in [-0.2, -0.15) is 0 Å². The van der Waals surface area contributed by atoms with Gasteiger partial charge in [-0.25, -0.2) is 13.2 Å². The fourth-order valence-corrected chi connectivity index (χ4v) is 2.53. The molecule has 0 saturated carbocycles. The number of aliphatic hydroxyl groups is 1. The molecule has 0 spiro atoms. The third kappa shape index (κ3) is 2.56. The number of furan rings is 1. The van der Waals surface area contributed by atoms with Gasteiger partial charge >= 0.3 is 0 Å². The highest BCUT2D eigenvalue weighted by Crippen LogP contribution is 2.32. The first-order chi connectivity index (χ1) is 9.95. The quantitative estimate of drug-likeness (QED) is 0.722. The molecule has 0 aliphatic rings. The molecule has 1 heterocycles. The van der Waals surface area contributed by atoms with Crippen molar-refractivity contribution in [3.63, 3.8) is 0 Å². The Bertz CT molecular complexity index is 806. The van der Waals surface area contributed by atoms with Crippen molar-refractivity contribution in [3.05, 3.63) is 69.6 Å². The molecule has 1 N–H and O–H groups in total. The molecule has 0 fully saturated rings. The van der Waals surface area contributed by atoms with Crippen molar-refractivity contribution in [1.82, 2.24) is 0 Å². The van der Waals surface area contributed by atoms with Crippen molar-refractivity contribution in [2.24, 2.45) is 0 Å². The predicted octanol–water partition coefficient (Wildman–Crippen LogP) is 4.69. The van der Waals surface area contributed by atoms with Gasteiger partial charge in [0.15, 0.2) is 0 Å². The molecule has 0 amide bonds. The summed E-state index contributed by atoms with van der Waals surface area (Å²) >= 11 is 2.96. The Morgan fingerprint density at radius 2 is 1.67 bits per heavy atom. The molecule has 1 aromatic heterocycles. The summed E-state index contributed by atoms with van der Waals surface area (Å²) in [7, 11) is 0. The van der Waals surface area contributed by atoms with Gasteiger partial charge in [-0.05, 0) is 36.4 Å². The first kappa shape index (κ1) is 14.2. The molecule has 6 heteroatoms. The van der Waals surface area contributed by atoms with E-state index < -0.39 is 29.1 Å². The van der Waals surface area contributed by atoms with Crippen LogP contribution in [-0.2, 0) is 0 Å². The van der Waals surface area contributed by atoms with Crippen LogP contribution in [0.5, 0.6) is 0 Å². The Labute approximate surface area is 125 Å². The van der Waals surface area contributed by atoms with Gasteiger partial charge in [-0.1, -0.05) is 15.9 Å². The molecule has 2 nitrogen and oxygen atoms in total. The molecule has 0 bridgehead atoms. The molecule has 0 radical (unpaired) electrons. The molecule has 1 atom stereocenters. The number of hydrogen-bond donors (Lipinski definition) is 1. The van der Waals surface area contributed by atoms with E-state index in [0.29, 0.717) is 11.0 Å². The molecular formula is C15H8BrF3O2. The number of aliphatic hydroxyl groups excluding tert-OH is 1. The molecule has 21 heavy (non-hydrogen) atoms. The molecule has 3 aromatic rings. The SMILES string of the molecule is OC(c1cc2cc(F)ccc2o1)c1c(F)cc(Br)cc1F. The van der Waals surface area contributed by atoms with E-state index in [1.807, 2.05) is 0 Å². The Morgan fingerprint density at radius 1 is 1.00 bits per heavy atom. The molecule has 0 aliphatic heterocycles. The molecular weight excluding hydrogens is 349 g/mol. The van der Waals surface area contributed by atoms with Crippen LogP contribution in [0.2, 0.25) is 0 Å². The standard InChI is InChI=1S/C15H8BrF3O2/c16-8-5-10(18)14(11(19)6-8)15(20)13-4-7-3-9(17)1-2-12(7)21-13/h1-6,15,20H. The van der Waals surface area contributed by atoms with Gasteiger partial charge in [-0.3, -0.25) is 0 Å². The minimum absolute atomic E-state index is 0.0595. The van der Waals surface area contributed by atoms with E-state index in [9.17, 15) is 18.3 Å². The van der Waals surface area contributed by atoms with E-state index in [0.717, 1.165) is 12.1 Å². The predicted molar refractivity (Wildman–Crippen MR) is 74.3 cm³/mol. The van der Waals surface area contributed by atoms with Gasteiger partial charge in [0.05, 0.1) is 5.56 Å². The van der Waals surface area contributed by atoms with Gasteiger partial charge in [0.25, 0.3) is 0 Å². The minimum Gasteiger partial charge on any atom is -0.458 e. The van der Waals surface area contributed by atoms with Crippen molar-refractivity contribution < 1.29 is 22.7 Å². The monoisotopic (exact) mass is 356 g/mol. The van der Waals surface area contributed by atoms with E-state index in [1.54, 1.807) is 0 Å². The third-order valence-electron chi connectivity index (χ3n) is 3.08. The van der Waals surface area contributed by atoms with Crippen LogP contribution in [0, 0.1) is 17.5 Å². The van der Waals surface area contributed by atoms with Crippen molar-refractivity contribution in [3.8, 4) is 0 Å². The zero-order chi connectivity index (χ0) is 15.1. The van der Waals surface area contributed by atoms with Crippen molar-refractivity contribution >= 4 is 26.9 Å². The summed E-state index contributed by atoms with van der Waals surface area (Å²) in [5.74, 6) is -2.33. The van der Waals surface area contributed by atoms with Crippen LogP contribution in [-0.4, -0.2) is 5.11 Å². The lowest BCUT2D eigenvalue weighted by atomic mass is 10.1. The van der Waals surface area contributed by atoms with Gasteiger partial charge in [0, 0.05) is 9.86 Å². The number of rotatable bonds is 2. The molecule has 1 unspecified atom stereocenters. The maximum Gasteiger partial charge on any atom is 0.142 e. The van der Waals surface area contributed by atoms with Crippen LogP contribution in [0.3, 0.4) is 0 Å². The number of fused-ring (bicyclic) bond motifs is 1. The number of hydrogen-bond acceptors (Lipinski definition) is 2. The summed E-state index contributed by atoms with van der Waals surface area (Å²) in [5, 5.41) is 10.5. The summed E-state index contributed by atoms with van der Waals surface area (Å²) < 4.78 is 46.3. The summed E-state index contributed by atoms with van der Waals surface area (Å²) in [6.07, 6.45) is -1.62.